The van der Waals surface area contributed by atoms with Gasteiger partial charge in [0.2, 0.25) is 11.8 Å². The second-order valence-corrected chi connectivity index (χ2v) is 14.7. The first-order chi connectivity index (χ1) is 23.9. The zero-order valence-corrected chi connectivity index (χ0v) is 31.8. The highest BCUT2D eigenvalue weighted by Gasteiger charge is 2.36. The minimum absolute atomic E-state index is 0.232. The molecule has 1 N–H and O–H groups in total. The molecule has 274 valence electrons. The van der Waals surface area contributed by atoms with Gasteiger partial charge in [-0.15, -0.1) is 0 Å². The molecular formula is C41H55N5O5. The van der Waals surface area contributed by atoms with Crippen LogP contribution in [0.25, 0.3) is 11.1 Å². The van der Waals surface area contributed by atoms with Crippen LogP contribution in [0.1, 0.15) is 52.2 Å². The number of carbonyl (C=O) groups excluding carboxylic acids is 4. The summed E-state index contributed by atoms with van der Waals surface area (Å²) >= 11 is 0. The lowest BCUT2D eigenvalue weighted by molar-refractivity contribution is -0.154. The number of alkyl carbamates (subject to hydrolysis) is 1. The molecule has 0 radical (unpaired) electrons. The van der Waals surface area contributed by atoms with Gasteiger partial charge in [0.1, 0.15) is 17.7 Å². The summed E-state index contributed by atoms with van der Waals surface area (Å²) in [7, 11) is 8.44. The fraction of sp³-hybridized carbons (Fsp3) is 0.415. The Balaban J connectivity index is 1.91. The Morgan fingerprint density at radius 2 is 1.16 bits per heavy atom. The van der Waals surface area contributed by atoms with Crippen LogP contribution in [0.5, 0.6) is 0 Å². The predicted molar refractivity (Wildman–Crippen MR) is 203 cm³/mol. The topological polar surface area (TPSA) is 102 Å². The number of carbonyl (C=O) groups is 4. The molecule has 51 heavy (non-hydrogen) atoms. The van der Waals surface area contributed by atoms with Crippen LogP contribution in [0.4, 0.5) is 4.79 Å². The number of benzene rings is 3. The molecule has 0 saturated carbocycles. The van der Waals surface area contributed by atoms with Crippen molar-refractivity contribution in [3.63, 3.8) is 0 Å². The Bertz CT molecular complexity index is 1630. The van der Waals surface area contributed by atoms with Crippen molar-refractivity contribution in [3.05, 3.63) is 108 Å². The summed E-state index contributed by atoms with van der Waals surface area (Å²) in [4.78, 5) is 57.4. The number of hydrogen-bond donors (Lipinski definition) is 1. The number of amides is 4. The maximum atomic E-state index is 14.5. The molecule has 3 aromatic carbocycles. The van der Waals surface area contributed by atoms with E-state index in [1.165, 1.54) is 20.9 Å². The average molecular weight is 698 g/mol. The Kier molecular flexibility index (Phi) is 14.1. The van der Waals surface area contributed by atoms with E-state index in [9.17, 15) is 19.2 Å². The average Bonchev–Trinajstić information content (AvgIpc) is 3.07. The van der Waals surface area contributed by atoms with Crippen molar-refractivity contribution in [2.24, 2.45) is 0 Å². The first-order valence-electron chi connectivity index (χ1n) is 17.2. The van der Waals surface area contributed by atoms with Gasteiger partial charge in [-0.25, -0.2) is 9.80 Å². The van der Waals surface area contributed by atoms with Gasteiger partial charge in [-0.05, 0) is 69.4 Å². The van der Waals surface area contributed by atoms with E-state index in [-0.39, 0.29) is 24.1 Å². The molecule has 0 heterocycles. The summed E-state index contributed by atoms with van der Waals surface area (Å²) in [6.07, 6.45) is 3.44. The van der Waals surface area contributed by atoms with Gasteiger partial charge in [-0.2, -0.15) is 0 Å². The summed E-state index contributed by atoms with van der Waals surface area (Å²) < 4.78 is 5.39. The van der Waals surface area contributed by atoms with Crippen molar-refractivity contribution in [1.82, 2.24) is 25.1 Å². The van der Waals surface area contributed by atoms with E-state index in [0.29, 0.717) is 12.8 Å². The molecule has 0 aliphatic carbocycles. The summed E-state index contributed by atoms with van der Waals surface area (Å²) in [5.41, 5.74) is 2.55. The number of hydrazine groups is 1. The summed E-state index contributed by atoms with van der Waals surface area (Å²) in [6, 6.07) is 25.8. The third kappa shape index (κ3) is 12.4. The molecule has 0 aliphatic rings. The van der Waals surface area contributed by atoms with E-state index >= 15 is 0 Å². The van der Waals surface area contributed by atoms with Gasteiger partial charge < -0.3 is 19.9 Å². The van der Waals surface area contributed by atoms with E-state index < -0.39 is 29.3 Å². The van der Waals surface area contributed by atoms with E-state index in [1.54, 1.807) is 67.1 Å². The minimum atomic E-state index is -0.918. The number of likely N-dealkylation sites (N-methyl/N-ethyl adjacent to an activating group) is 3. The number of nitrogens with one attached hydrogen (secondary N) is 1. The first kappa shape index (κ1) is 40.5. The Morgan fingerprint density at radius 3 is 1.69 bits per heavy atom. The molecule has 0 fully saturated rings. The van der Waals surface area contributed by atoms with E-state index in [0.717, 1.165) is 22.3 Å². The van der Waals surface area contributed by atoms with Crippen LogP contribution in [-0.4, -0.2) is 102 Å². The van der Waals surface area contributed by atoms with E-state index in [1.807, 2.05) is 98.8 Å². The van der Waals surface area contributed by atoms with Gasteiger partial charge in [0, 0.05) is 53.6 Å². The number of nitrogens with zero attached hydrogens (tertiary/aromatic N) is 4. The van der Waals surface area contributed by atoms with Crippen LogP contribution in [0.15, 0.2) is 97.1 Å². The summed E-state index contributed by atoms with van der Waals surface area (Å²) in [5, 5.41) is 6.00. The van der Waals surface area contributed by atoms with Gasteiger partial charge in [-0.3, -0.25) is 19.4 Å². The second kappa shape index (κ2) is 17.8. The van der Waals surface area contributed by atoms with Crippen molar-refractivity contribution in [2.75, 3.05) is 35.2 Å². The zero-order chi connectivity index (χ0) is 37.9. The highest BCUT2D eigenvalue weighted by Crippen LogP contribution is 2.22. The zero-order valence-electron chi connectivity index (χ0n) is 31.8. The molecule has 10 nitrogen and oxygen atoms in total. The molecule has 3 aromatic rings. The molecule has 0 aromatic heterocycles. The van der Waals surface area contributed by atoms with Crippen molar-refractivity contribution in [2.45, 2.75) is 77.1 Å². The van der Waals surface area contributed by atoms with Crippen LogP contribution < -0.4 is 5.32 Å². The molecule has 4 amide bonds. The number of hydrogen-bond acceptors (Lipinski definition) is 6. The Hall–Kier alpha value is -4.96. The molecule has 0 aliphatic heterocycles. The van der Waals surface area contributed by atoms with Crippen molar-refractivity contribution >= 4 is 23.8 Å². The van der Waals surface area contributed by atoms with Crippen molar-refractivity contribution < 1.29 is 23.9 Å². The lowest BCUT2D eigenvalue weighted by Crippen LogP contribution is -2.57. The second-order valence-electron chi connectivity index (χ2n) is 14.7. The quantitative estimate of drug-likeness (QED) is 0.164. The number of ether oxygens (including phenoxy) is 1. The molecule has 2 atom stereocenters. The summed E-state index contributed by atoms with van der Waals surface area (Å²) in [6.45, 7) is 9.05. The Labute approximate surface area is 304 Å². The van der Waals surface area contributed by atoms with Crippen LogP contribution in [0, 0.1) is 0 Å². The monoisotopic (exact) mass is 697 g/mol. The normalized spacial score (nSPS) is 13.0. The smallest absolute Gasteiger partial charge is 0.408 e. The number of rotatable bonds is 14. The molecule has 10 heteroatoms. The molecule has 0 saturated heterocycles. The van der Waals surface area contributed by atoms with Gasteiger partial charge in [0.15, 0.2) is 0 Å². The van der Waals surface area contributed by atoms with Gasteiger partial charge in [0.25, 0.3) is 5.91 Å². The SMILES string of the molecule is CN(C(=O)C=CCC(C)(C)NC(=O)OC(C)(C)C)[C@H](Cc1ccc(-c2ccccc2)cc1)C(=O)N(C)[C@H](Cc1ccccc1)C(=O)N(C)N(C)C. The van der Waals surface area contributed by atoms with Gasteiger partial charge >= 0.3 is 6.09 Å². The van der Waals surface area contributed by atoms with Crippen LogP contribution in [-0.2, 0) is 32.0 Å². The van der Waals surface area contributed by atoms with E-state index in [2.05, 4.69) is 5.32 Å². The maximum Gasteiger partial charge on any atom is 0.408 e. The maximum absolute atomic E-state index is 14.5. The highest BCUT2D eigenvalue weighted by molar-refractivity contribution is 5.95. The van der Waals surface area contributed by atoms with Crippen LogP contribution in [0.3, 0.4) is 0 Å². The first-order valence-corrected chi connectivity index (χ1v) is 17.2. The summed E-state index contributed by atoms with van der Waals surface area (Å²) in [5.74, 6) is -0.994. The van der Waals surface area contributed by atoms with E-state index in [4.69, 9.17) is 4.74 Å². The van der Waals surface area contributed by atoms with Gasteiger partial charge in [0.05, 0.1) is 0 Å². The molecule has 0 bridgehead atoms. The molecule has 0 unspecified atom stereocenters. The van der Waals surface area contributed by atoms with Crippen molar-refractivity contribution in [1.29, 1.82) is 0 Å². The predicted octanol–water partition coefficient (Wildman–Crippen LogP) is 5.98. The van der Waals surface area contributed by atoms with Crippen LogP contribution in [0.2, 0.25) is 0 Å². The lowest BCUT2D eigenvalue weighted by Gasteiger charge is -2.37. The molecule has 3 rings (SSSR count). The Morgan fingerprint density at radius 1 is 0.667 bits per heavy atom. The standard InChI is InChI=1S/C41H55N5O5/c1-40(2,3)51-39(50)42-41(4,5)27-17-22-36(47)44(8)34(29-31-23-25-33(26-24-31)32-20-15-12-16-21-32)37(48)45(9)35(38(49)46(10)43(6)7)28-30-18-13-11-14-19-30/h11-26,34-35H,27-29H2,1-10H3,(H,42,50)/t34-,35-/m1/s1. The largest absolute Gasteiger partial charge is 0.444 e. The third-order valence-electron chi connectivity index (χ3n) is 8.61. The molecular weight excluding hydrogens is 642 g/mol. The lowest BCUT2D eigenvalue weighted by atomic mass is 9.98. The van der Waals surface area contributed by atoms with Crippen molar-refractivity contribution in [3.8, 4) is 11.1 Å². The third-order valence-corrected chi connectivity index (χ3v) is 8.61. The van der Waals surface area contributed by atoms with Gasteiger partial charge in [-0.1, -0.05) is 91.0 Å². The molecule has 0 spiro atoms. The minimum Gasteiger partial charge on any atom is -0.444 e. The fourth-order valence-corrected chi connectivity index (χ4v) is 5.46. The fourth-order valence-electron chi connectivity index (χ4n) is 5.46. The van der Waals surface area contributed by atoms with Crippen LogP contribution >= 0.6 is 0 Å². The highest BCUT2D eigenvalue weighted by atomic mass is 16.6.